The number of hydrogen-bond donors (Lipinski definition) is 1. The van der Waals surface area contributed by atoms with Crippen LogP contribution in [0.25, 0.3) is 0 Å². The summed E-state index contributed by atoms with van der Waals surface area (Å²) in [6.07, 6.45) is -0.121. The van der Waals surface area contributed by atoms with E-state index in [-0.39, 0.29) is 6.10 Å². The smallest absolute Gasteiger partial charge is 0.140 e. The topological polar surface area (TPSA) is 21.3 Å². The second-order valence-electron chi connectivity index (χ2n) is 5.15. The molecule has 0 aromatic heterocycles. The summed E-state index contributed by atoms with van der Waals surface area (Å²) in [6, 6.07) is 15.7. The molecule has 0 aliphatic carbocycles. The third kappa shape index (κ3) is 4.92. The van der Waals surface area contributed by atoms with Gasteiger partial charge in [-0.15, -0.1) is 0 Å². The Morgan fingerprint density at radius 2 is 1.76 bits per heavy atom. The van der Waals surface area contributed by atoms with E-state index in [0.717, 1.165) is 5.56 Å². The maximum Gasteiger partial charge on any atom is 0.140 e. The van der Waals surface area contributed by atoms with E-state index in [1.54, 1.807) is 18.2 Å². The Balaban J connectivity index is 2.21. The Kier molecular flexibility index (Phi) is 5.92. The molecule has 2 aromatic carbocycles. The summed E-state index contributed by atoms with van der Waals surface area (Å²) in [5.41, 5.74) is 1.10. The predicted octanol–water partition coefficient (Wildman–Crippen LogP) is 5.11. The molecule has 1 N–H and O–H groups in total. The number of nitrogens with one attached hydrogen (secondary N) is 1. The van der Waals surface area contributed by atoms with Crippen molar-refractivity contribution in [3.8, 4) is 5.75 Å². The first-order chi connectivity index (χ1) is 10.1. The maximum atomic E-state index is 6.19. The molecule has 0 aliphatic heterocycles. The van der Waals surface area contributed by atoms with E-state index in [1.165, 1.54) is 0 Å². The van der Waals surface area contributed by atoms with Gasteiger partial charge in [-0.25, -0.2) is 0 Å². The number of hydrogen-bond acceptors (Lipinski definition) is 2. The van der Waals surface area contributed by atoms with Crippen LogP contribution in [-0.2, 0) is 0 Å². The summed E-state index contributed by atoms with van der Waals surface area (Å²) in [4.78, 5) is 0. The van der Waals surface area contributed by atoms with E-state index in [0.29, 0.717) is 28.4 Å². The standard InChI is InChI=1S/C17H19Cl2NO/c1-12(2)20-11-17(13-6-4-3-5-7-13)21-16-10-14(18)8-9-15(16)19/h3-10,12,17,20H,11H2,1-2H3. The van der Waals surface area contributed by atoms with E-state index in [2.05, 4.69) is 19.2 Å². The van der Waals surface area contributed by atoms with Gasteiger partial charge in [-0.3, -0.25) is 0 Å². The molecule has 0 radical (unpaired) electrons. The van der Waals surface area contributed by atoms with E-state index >= 15 is 0 Å². The molecule has 0 saturated carbocycles. The summed E-state index contributed by atoms with van der Waals surface area (Å²) in [6.45, 7) is 4.91. The van der Waals surface area contributed by atoms with Crippen LogP contribution < -0.4 is 10.1 Å². The Bertz CT molecular complexity index is 572. The van der Waals surface area contributed by atoms with Crippen LogP contribution >= 0.6 is 23.2 Å². The van der Waals surface area contributed by atoms with Crippen molar-refractivity contribution < 1.29 is 4.74 Å². The molecule has 21 heavy (non-hydrogen) atoms. The van der Waals surface area contributed by atoms with E-state index < -0.39 is 0 Å². The Hall–Kier alpha value is -1.22. The van der Waals surface area contributed by atoms with Crippen molar-refractivity contribution in [1.29, 1.82) is 0 Å². The lowest BCUT2D eigenvalue weighted by Gasteiger charge is -2.22. The maximum absolute atomic E-state index is 6.19. The molecule has 0 aliphatic rings. The quantitative estimate of drug-likeness (QED) is 0.797. The molecule has 0 amide bonds. The van der Waals surface area contributed by atoms with Gasteiger partial charge in [-0.1, -0.05) is 67.4 Å². The monoisotopic (exact) mass is 323 g/mol. The molecule has 4 heteroatoms. The fourth-order valence-electron chi connectivity index (χ4n) is 1.96. The van der Waals surface area contributed by atoms with E-state index in [1.807, 2.05) is 30.3 Å². The Morgan fingerprint density at radius 3 is 2.43 bits per heavy atom. The fourth-order valence-corrected chi connectivity index (χ4v) is 2.28. The van der Waals surface area contributed by atoms with Crippen LogP contribution in [0.3, 0.4) is 0 Å². The van der Waals surface area contributed by atoms with Crippen LogP contribution in [-0.4, -0.2) is 12.6 Å². The highest BCUT2D eigenvalue weighted by Crippen LogP contribution is 2.31. The average molecular weight is 324 g/mol. The molecule has 0 bridgehead atoms. The van der Waals surface area contributed by atoms with Gasteiger partial charge in [0.25, 0.3) is 0 Å². The third-order valence-corrected chi connectivity index (χ3v) is 3.59. The highest BCUT2D eigenvalue weighted by molar-refractivity contribution is 6.34. The number of rotatable bonds is 6. The summed E-state index contributed by atoms with van der Waals surface area (Å²) >= 11 is 12.2. The van der Waals surface area contributed by atoms with Crippen molar-refractivity contribution in [2.45, 2.75) is 26.0 Å². The number of halogens is 2. The Morgan fingerprint density at radius 1 is 1.05 bits per heavy atom. The molecular formula is C17H19Cl2NO. The van der Waals surface area contributed by atoms with Gasteiger partial charge in [0.2, 0.25) is 0 Å². The van der Waals surface area contributed by atoms with Gasteiger partial charge in [0.1, 0.15) is 11.9 Å². The third-order valence-electron chi connectivity index (χ3n) is 3.05. The van der Waals surface area contributed by atoms with Crippen molar-refractivity contribution in [2.75, 3.05) is 6.54 Å². The van der Waals surface area contributed by atoms with Gasteiger partial charge >= 0.3 is 0 Å². The molecule has 0 fully saturated rings. The van der Waals surface area contributed by atoms with E-state index in [4.69, 9.17) is 27.9 Å². The van der Waals surface area contributed by atoms with Crippen molar-refractivity contribution >= 4 is 23.2 Å². The van der Waals surface area contributed by atoms with Crippen molar-refractivity contribution in [3.05, 3.63) is 64.1 Å². The lowest BCUT2D eigenvalue weighted by Crippen LogP contribution is -2.30. The van der Waals surface area contributed by atoms with Gasteiger partial charge < -0.3 is 10.1 Å². The lowest BCUT2D eigenvalue weighted by molar-refractivity contribution is 0.198. The van der Waals surface area contributed by atoms with Crippen LogP contribution in [0.2, 0.25) is 10.0 Å². The first-order valence-electron chi connectivity index (χ1n) is 6.96. The normalized spacial score (nSPS) is 12.4. The molecule has 1 atom stereocenters. The second-order valence-corrected chi connectivity index (χ2v) is 6.00. The lowest BCUT2D eigenvalue weighted by atomic mass is 10.1. The zero-order valence-corrected chi connectivity index (χ0v) is 13.7. The molecule has 0 heterocycles. The summed E-state index contributed by atoms with van der Waals surface area (Å²) in [5, 5.41) is 4.57. The first kappa shape index (κ1) is 16.2. The molecular weight excluding hydrogens is 305 g/mol. The van der Waals surface area contributed by atoms with Crippen molar-refractivity contribution in [2.24, 2.45) is 0 Å². The summed E-state index contributed by atoms with van der Waals surface area (Å²) in [7, 11) is 0. The summed E-state index contributed by atoms with van der Waals surface area (Å²) < 4.78 is 6.08. The molecule has 0 saturated heterocycles. The molecule has 1 unspecified atom stereocenters. The van der Waals surface area contributed by atoms with Crippen molar-refractivity contribution in [3.63, 3.8) is 0 Å². The zero-order chi connectivity index (χ0) is 15.2. The van der Waals surface area contributed by atoms with Gasteiger partial charge in [0, 0.05) is 23.7 Å². The van der Waals surface area contributed by atoms with Crippen LogP contribution in [0.4, 0.5) is 0 Å². The first-order valence-corrected chi connectivity index (χ1v) is 7.72. The number of benzene rings is 2. The minimum absolute atomic E-state index is 0.121. The zero-order valence-electron chi connectivity index (χ0n) is 12.1. The second kappa shape index (κ2) is 7.69. The van der Waals surface area contributed by atoms with E-state index in [9.17, 15) is 0 Å². The SMILES string of the molecule is CC(C)NCC(Oc1cc(Cl)ccc1Cl)c1ccccc1. The van der Waals surface area contributed by atoms with Crippen LogP contribution in [0.1, 0.15) is 25.5 Å². The largest absolute Gasteiger partial charge is 0.483 e. The highest BCUT2D eigenvalue weighted by atomic mass is 35.5. The predicted molar refractivity (Wildman–Crippen MR) is 89.4 cm³/mol. The van der Waals surface area contributed by atoms with Crippen molar-refractivity contribution in [1.82, 2.24) is 5.32 Å². The molecule has 2 rings (SSSR count). The van der Waals surface area contributed by atoms with Gasteiger partial charge in [-0.2, -0.15) is 0 Å². The van der Waals surface area contributed by atoms with Gasteiger partial charge in [-0.05, 0) is 17.7 Å². The minimum Gasteiger partial charge on any atom is -0.483 e. The van der Waals surface area contributed by atoms with Crippen LogP contribution in [0.15, 0.2) is 48.5 Å². The van der Waals surface area contributed by atoms with Crippen LogP contribution in [0.5, 0.6) is 5.75 Å². The van der Waals surface area contributed by atoms with Crippen LogP contribution in [0, 0.1) is 0 Å². The van der Waals surface area contributed by atoms with Gasteiger partial charge in [0.05, 0.1) is 5.02 Å². The number of ether oxygens (including phenoxy) is 1. The van der Waals surface area contributed by atoms with Gasteiger partial charge in [0.15, 0.2) is 0 Å². The highest BCUT2D eigenvalue weighted by Gasteiger charge is 2.15. The minimum atomic E-state index is -0.121. The molecule has 2 nitrogen and oxygen atoms in total. The molecule has 112 valence electrons. The molecule has 2 aromatic rings. The average Bonchev–Trinajstić information content (AvgIpc) is 2.47. The summed E-state index contributed by atoms with van der Waals surface area (Å²) in [5.74, 6) is 0.601. The fraction of sp³-hybridized carbons (Fsp3) is 0.294. The molecule has 0 spiro atoms. The Labute approximate surface area is 136 Å².